The molecule has 1 fully saturated rings. The number of nitro groups is 1. The van der Waals surface area contributed by atoms with Crippen LogP contribution in [0.1, 0.15) is 29.8 Å². The van der Waals surface area contributed by atoms with Gasteiger partial charge in [0.1, 0.15) is 0 Å². The van der Waals surface area contributed by atoms with Gasteiger partial charge in [-0.05, 0) is 56.5 Å². The van der Waals surface area contributed by atoms with Gasteiger partial charge in [0.2, 0.25) is 15.9 Å². The number of anilines is 1. The molecule has 12 heteroatoms. The predicted octanol–water partition coefficient (Wildman–Crippen LogP) is 4.15. The number of piperidine rings is 1. The molecule has 2 aromatic carbocycles. The van der Waals surface area contributed by atoms with E-state index in [4.69, 9.17) is 11.6 Å². The van der Waals surface area contributed by atoms with E-state index in [1.165, 1.54) is 28.6 Å². The van der Waals surface area contributed by atoms with Crippen molar-refractivity contribution < 1.29 is 18.1 Å². The lowest BCUT2D eigenvalue weighted by Gasteiger charge is -2.30. The summed E-state index contributed by atoms with van der Waals surface area (Å²) in [7, 11) is -3.80. The summed E-state index contributed by atoms with van der Waals surface area (Å²) in [5.41, 5.74) is 2.99. The molecular weight excluding hydrogens is 506 g/mol. The number of nitro benzene ring substituents is 1. The Morgan fingerprint density at radius 3 is 2.44 bits per heavy atom. The number of aryl methyl sites for hydroxylation is 1. The summed E-state index contributed by atoms with van der Waals surface area (Å²) in [6.07, 6.45) is 0.736. The molecule has 1 aliphatic heterocycles. The molecule has 1 saturated heterocycles. The molecule has 1 aromatic heterocycles. The highest BCUT2D eigenvalue weighted by Gasteiger charge is 2.33. The molecule has 0 atom stereocenters. The van der Waals surface area contributed by atoms with Crippen LogP contribution < -0.4 is 5.32 Å². The molecule has 0 spiro atoms. The number of benzene rings is 2. The zero-order valence-corrected chi connectivity index (χ0v) is 21.4. The van der Waals surface area contributed by atoms with Crippen molar-refractivity contribution in [2.75, 3.05) is 18.4 Å². The lowest BCUT2D eigenvalue weighted by Crippen LogP contribution is -2.41. The summed E-state index contributed by atoms with van der Waals surface area (Å²) in [6, 6.07) is 12.3. The van der Waals surface area contributed by atoms with Crippen LogP contribution in [-0.4, -0.2) is 46.4 Å². The van der Waals surface area contributed by atoms with E-state index in [0.717, 1.165) is 11.3 Å². The topological polar surface area (TPSA) is 127 Å². The number of non-ortho nitro benzene ring substituents is 1. The van der Waals surface area contributed by atoms with Gasteiger partial charge >= 0.3 is 0 Å². The first-order valence-corrected chi connectivity index (χ1v) is 13.2. The summed E-state index contributed by atoms with van der Waals surface area (Å²) in [6.45, 7) is 4.60. The minimum Gasteiger partial charge on any atom is -0.323 e. The van der Waals surface area contributed by atoms with Crippen molar-refractivity contribution >= 4 is 38.9 Å². The first-order chi connectivity index (χ1) is 17.1. The Labute approximate surface area is 214 Å². The SMILES string of the molecule is Cc1nn(Cc2cccc(Cl)c2)c(C)c1NC(=O)C1CCN(S(=O)(=O)c2ccc([N+](=O)[O-])cc2)CC1. The number of rotatable bonds is 7. The number of sulfonamides is 1. The third-order valence-corrected chi connectivity index (χ3v) is 8.51. The Bertz CT molecular complexity index is 1400. The summed E-state index contributed by atoms with van der Waals surface area (Å²) in [4.78, 5) is 23.3. The van der Waals surface area contributed by atoms with E-state index in [2.05, 4.69) is 10.4 Å². The number of amides is 1. The van der Waals surface area contributed by atoms with E-state index in [9.17, 15) is 23.3 Å². The summed E-state index contributed by atoms with van der Waals surface area (Å²) >= 11 is 6.08. The molecule has 0 radical (unpaired) electrons. The van der Waals surface area contributed by atoms with Crippen molar-refractivity contribution in [1.82, 2.24) is 14.1 Å². The maximum absolute atomic E-state index is 13.0. The number of aromatic nitrogens is 2. The largest absolute Gasteiger partial charge is 0.323 e. The fourth-order valence-electron chi connectivity index (χ4n) is 4.31. The second kappa shape index (κ2) is 10.4. The Morgan fingerprint density at radius 2 is 1.83 bits per heavy atom. The number of carbonyl (C=O) groups excluding carboxylic acids is 1. The third kappa shape index (κ3) is 5.43. The molecule has 4 rings (SSSR count). The summed E-state index contributed by atoms with van der Waals surface area (Å²) in [5.74, 6) is -0.515. The first-order valence-electron chi connectivity index (χ1n) is 11.4. The van der Waals surface area contributed by atoms with Crippen LogP contribution in [0.3, 0.4) is 0 Å². The smallest absolute Gasteiger partial charge is 0.269 e. The van der Waals surface area contributed by atoms with Gasteiger partial charge in [-0.3, -0.25) is 19.6 Å². The first kappa shape index (κ1) is 25.8. The fraction of sp³-hybridized carbons (Fsp3) is 0.333. The monoisotopic (exact) mass is 531 g/mol. The molecule has 0 aliphatic carbocycles. The van der Waals surface area contributed by atoms with Crippen molar-refractivity contribution in [2.24, 2.45) is 5.92 Å². The molecule has 1 N–H and O–H groups in total. The second-order valence-electron chi connectivity index (χ2n) is 8.75. The van der Waals surface area contributed by atoms with E-state index in [1.807, 2.05) is 36.7 Å². The molecule has 36 heavy (non-hydrogen) atoms. The maximum Gasteiger partial charge on any atom is 0.269 e. The van der Waals surface area contributed by atoms with Crippen LogP contribution in [0, 0.1) is 29.9 Å². The fourth-order valence-corrected chi connectivity index (χ4v) is 6.00. The van der Waals surface area contributed by atoms with Crippen LogP contribution in [0.2, 0.25) is 5.02 Å². The van der Waals surface area contributed by atoms with Gasteiger partial charge in [-0.25, -0.2) is 8.42 Å². The molecule has 0 saturated carbocycles. The number of hydrogen-bond acceptors (Lipinski definition) is 6. The van der Waals surface area contributed by atoms with Crippen LogP contribution in [-0.2, 0) is 21.4 Å². The van der Waals surface area contributed by atoms with Crippen LogP contribution in [0.15, 0.2) is 53.4 Å². The van der Waals surface area contributed by atoms with Crippen LogP contribution in [0.5, 0.6) is 0 Å². The maximum atomic E-state index is 13.0. The molecule has 0 bridgehead atoms. The lowest BCUT2D eigenvalue weighted by molar-refractivity contribution is -0.384. The highest BCUT2D eigenvalue weighted by atomic mass is 35.5. The summed E-state index contributed by atoms with van der Waals surface area (Å²) < 4.78 is 29.0. The minimum absolute atomic E-state index is 0.00521. The average molecular weight is 532 g/mol. The minimum atomic E-state index is -3.80. The van der Waals surface area contributed by atoms with E-state index in [1.54, 1.807) is 6.07 Å². The number of hydrogen-bond donors (Lipinski definition) is 1. The van der Waals surface area contributed by atoms with Gasteiger partial charge in [0.05, 0.1) is 33.4 Å². The Hall–Kier alpha value is -3.28. The Morgan fingerprint density at radius 1 is 1.17 bits per heavy atom. The number of carbonyl (C=O) groups is 1. The van der Waals surface area contributed by atoms with E-state index in [0.29, 0.717) is 35.8 Å². The quantitative estimate of drug-likeness (QED) is 0.360. The van der Waals surface area contributed by atoms with Gasteiger partial charge in [0, 0.05) is 36.2 Å². The molecule has 0 unspecified atom stereocenters. The zero-order chi connectivity index (χ0) is 26.0. The van der Waals surface area contributed by atoms with Gasteiger partial charge in [-0.15, -0.1) is 0 Å². The predicted molar refractivity (Wildman–Crippen MR) is 135 cm³/mol. The normalized spacial score (nSPS) is 15.1. The van der Waals surface area contributed by atoms with Gasteiger partial charge < -0.3 is 5.32 Å². The lowest BCUT2D eigenvalue weighted by atomic mass is 9.97. The molecule has 1 aliphatic rings. The van der Waals surface area contributed by atoms with Gasteiger partial charge in [0.15, 0.2) is 0 Å². The molecular formula is C24H26ClN5O5S. The highest BCUT2D eigenvalue weighted by molar-refractivity contribution is 7.89. The Kier molecular flexibility index (Phi) is 7.43. The summed E-state index contributed by atoms with van der Waals surface area (Å²) in [5, 5.41) is 19.0. The van der Waals surface area contributed by atoms with Crippen molar-refractivity contribution in [3.63, 3.8) is 0 Å². The third-order valence-electron chi connectivity index (χ3n) is 6.36. The van der Waals surface area contributed by atoms with Crippen LogP contribution in [0.25, 0.3) is 0 Å². The van der Waals surface area contributed by atoms with Gasteiger partial charge in [-0.1, -0.05) is 23.7 Å². The molecule has 190 valence electrons. The second-order valence-corrected chi connectivity index (χ2v) is 11.1. The molecule has 3 aromatic rings. The van der Waals surface area contributed by atoms with Crippen molar-refractivity contribution in [3.8, 4) is 0 Å². The molecule has 2 heterocycles. The number of nitrogens with one attached hydrogen (secondary N) is 1. The van der Waals surface area contributed by atoms with Crippen molar-refractivity contribution in [2.45, 2.75) is 38.1 Å². The zero-order valence-electron chi connectivity index (χ0n) is 19.8. The van der Waals surface area contributed by atoms with Crippen molar-refractivity contribution in [1.29, 1.82) is 0 Å². The molecule has 10 nitrogen and oxygen atoms in total. The standard InChI is InChI=1S/C24H26ClN5O5S/c1-16-23(17(2)29(27-16)15-18-4-3-5-20(25)14-18)26-24(31)19-10-12-28(13-11-19)36(34,35)22-8-6-21(7-9-22)30(32)33/h3-9,14,19H,10-13,15H2,1-2H3,(H,26,31). The average Bonchev–Trinajstić information content (AvgIpc) is 3.11. The number of halogens is 1. The number of nitrogens with zero attached hydrogens (tertiary/aromatic N) is 4. The van der Waals surface area contributed by atoms with E-state index in [-0.39, 0.29) is 35.5 Å². The van der Waals surface area contributed by atoms with Crippen LogP contribution in [0.4, 0.5) is 11.4 Å². The van der Waals surface area contributed by atoms with E-state index < -0.39 is 14.9 Å². The Balaban J connectivity index is 1.39. The van der Waals surface area contributed by atoms with E-state index >= 15 is 0 Å². The highest BCUT2D eigenvalue weighted by Crippen LogP contribution is 2.27. The van der Waals surface area contributed by atoms with Gasteiger partial charge in [0.25, 0.3) is 5.69 Å². The molecule has 1 amide bonds. The van der Waals surface area contributed by atoms with Crippen molar-refractivity contribution in [3.05, 3.63) is 80.6 Å². The van der Waals surface area contributed by atoms with Crippen LogP contribution >= 0.6 is 11.6 Å². The van der Waals surface area contributed by atoms with Gasteiger partial charge in [-0.2, -0.15) is 9.40 Å².